The largest absolute Gasteiger partial charge is 0.299 e. The van der Waals surface area contributed by atoms with E-state index in [0.717, 1.165) is 6.42 Å². The smallest absolute Gasteiger partial charge is 0.140 e. The summed E-state index contributed by atoms with van der Waals surface area (Å²) in [6, 6.07) is 0. The quantitative estimate of drug-likeness (QED) is 0.548. The lowest BCUT2D eigenvalue weighted by Crippen LogP contribution is -2.19. The Morgan fingerprint density at radius 2 is 2.25 bits per heavy atom. The Balaban J connectivity index is 2.21. The fourth-order valence-corrected chi connectivity index (χ4v) is 2.37. The Bertz CT molecular complexity index is 265. The molecule has 0 aromatic heterocycles. The maximum absolute atomic E-state index is 11.3. The van der Waals surface area contributed by atoms with Crippen molar-refractivity contribution < 1.29 is 9.59 Å². The minimum Gasteiger partial charge on any atom is -0.299 e. The summed E-state index contributed by atoms with van der Waals surface area (Å²) >= 11 is 0. The van der Waals surface area contributed by atoms with Gasteiger partial charge in [-0.1, -0.05) is 12.2 Å². The van der Waals surface area contributed by atoms with Crippen molar-refractivity contribution in [3.05, 3.63) is 12.2 Å². The zero-order chi connectivity index (χ0) is 8.72. The summed E-state index contributed by atoms with van der Waals surface area (Å²) in [5, 5.41) is 0. The second-order valence-electron chi connectivity index (χ2n) is 3.72. The number of fused-ring (bicyclic) bond motifs is 1. The van der Waals surface area contributed by atoms with E-state index >= 15 is 0 Å². The molecule has 0 aliphatic heterocycles. The van der Waals surface area contributed by atoms with Crippen LogP contribution in [0.3, 0.4) is 0 Å². The highest BCUT2D eigenvalue weighted by Gasteiger charge is 2.42. The normalized spacial score (nSPS) is 38.8. The molecule has 0 amide bonds. The third kappa shape index (κ3) is 0.942. The highest BCUT2D eigenvalue weighted by Crippen LogP contribution is 2.41. The van der Waals surface area contributed by atoms with Gasteiger partial charge in [0.15, 0.2) is 0 Å². The lowest BCUT2D eigenvalue weighted by atomic mass is 9.88. The molecule has 0 radical (unpaired) electrons. The van der Waals surface area contributed by atoms with Crippen LogP contribution in [0.5, 0.6) is 0 Å². The second kappa shape index (κ2) is 2.54. The third-order valence-electron chi connectivity index (χ3n) is 3.01. The summed E-state index contributed by atoms with van der Waals surface area (Å²) in [7, 11) is 0. The van der Waals surface area contributed by atoms with Gasteiger partial charge in [0.25, 0.3) is 0 Å². The van der Waals surface area contributed by atoms with Gasteiger partial charge in [0.2, 0.25) is 0 Å². The maximum atomic E-state index is 11.3. The van der Waals surface area contributed by atoms with Crippen LogP contribution in [0.4, 0.5) is 0 Å². The average molecular weight is 164 g/mol. The molecule has 2 nitrogen and oxygen atoms in total. The number of carbonyl (C=O) groups is 2. The van der Waals surface area contributed by atoms with E-state index in [4.69, 9.17) is 0 Å². The summed E-state index contributed by atoms with van der Waals surface area (Å²) < 4.78 is 0. The molecule has 1 fully saturated rings. The SMILES string of the molecule is CC(=O)[C@@H]1C=C[C@@H]2C(=O)CC[C@@H]21. The second-order valence-corrected chi connectivity index (χ2v) is 3.72. The van der Waals surface area contributed by atoms with Crippen LogP contribution in [0.15, 0.2) is 12.2 Å². The molecule has 0 bridgehead atoms. The van der Waals surface area contributed by atoms with Crippen LogP contribution in [0.1, 0.15) is 19.8 Å². The van der Waals surface area contributed by atoms with Crippen LogP contribution in [0.25, 0.3) is 0 Å². The first-order valence-electron chi connectivity index (χ1n) is 4.41. The van der Waals surface area contributed by atoms with Crippen LogP contribution >= 0.6 is 0 Å². The topological polar surface area (TPSA) is 34.1 Å². The van der Waals surface area contributed by atoms with Gasteiger partial charge in [-0.2, -0.15) is 0 Å². The van der Waals surface area contributed by atoms with Crippen LogP contribution in [0.2, 0.25) is 0 Å². The van der Waals surface area contributed by atoms with E-state index < -0.39 is 0 Å². The van der Waals surface area contributed by atoms with Gasteiger partial charge >= 0.3 is 0 Å². The lowest BCUT2D eigenvalue weighted by molar-refractivity contribution is -0.121. The minimum absolute atomic E-state index is 0.0291. The predicted octanol–water partition coefficient (Wildman–Crippen LogP) is 1.36. The molecule has 2 heteroatoms. The van der Waals surface area contributed by atoms with Gasteiger partial charge in [-0.15, -0.1) is 0 Å². The van der Waals surface area contributed by atoms with Crippen molar-refractivity contribution in [2.24, 2.45) is 17.8 Å². The molecular formula is C10H12O2. The van der Waals surface area contributed by atoms with Gasteiger partial charge in [-0.3, -0.25) is 9.59 Å². The van der Waals surface area contributed by atoms with Gasteiger partial charge in [0, 0.05) is 18.3 Å². The molecule has 0 unspecified atom stereocenters. The molecule has 64 valence electrons. The van der Waals surface area contributed by atoms with Gasteiger partial charge in [0.1, 0.15) is 11.6 Å². The molecule has 0 aromatic rings. The van der Waals surface area contributed by atoms with Crippen LogP contribution in [0, 0.1) is 17.8 Å². The Morgan fingerprint density at radius 1 is 1.50 bits per heavy atom. The van der Waals surface area contributed by atoms with Gasteiger partial charge in [-0.05, 0) is 19.3 Å². The highest BCUT2D eigenvalue weighted by atomic mass is 16.1. The van der Waals surface area contributed by atoms with Crippen molar-refractivity contribution in [3.63, 3.8) is 0 Å². The predicted molar refractivity (Wildman–Crippen MR) is 44.5 cm³/mol. The van der Waals surface area contributed by atoms with Crippen molar-refractivity contribution in [1.82, 2.24) is 0 Å². The minimum atomic E-state index is 0.0291. The highest BCUT2D eigenvalue weighted by molar-refractivity contribution is 5.89. The number of hydrogen-bond donors (Lipinski definition) is 0. The number of carbonyl (C=O) groups excluding carboxylic acids is 2. The zero-order valence-corrected chi connectivity index (χ0v) is 7.12. The number of rotatable bonds is 1. The number of ketones is 2. The summed E-state index contributed by atoms with van der Waals surface area (Å²) in [4.78, 5) is 22.4. The van der Waals surface area contributed by atoms with Crippen molar-refractivity contribution in [2.45, 2.75) is 19.8 Å². The van der Waals surface area contributed by atoms with Crippen molar-refractivity contribution in [1.29, 1.82) is 0 Å². The van der Waals surface area contributed by atoms with Crippen molar-refractivity contribution in [2.75, 3.05) is 0 Å². The first kappa shape index (κ1) is 7.71. The van der Waals surface area contributed by atoms with E-state index in [2.05, 4.69) is 0 Å². The first-order valence-corrected chi connectivity index (χ1v) is 4.41. The van der Waals surface area contributed by atoms with Gasteiger partial charge < -0.3 is 0 Å². The standard InChI is InChI=1S/C10H12O2/c1-6(11)7-2-3-9-8(7)4-5-10(9)12/h2-3,7-9H,4-5H2,1H3/t7-,8+,9-/m0/s1. The molecule has 3 atom stereocenters. The Kier molecular flexibility index (Phi) is 1.63. The van der Waals surface area contributed by atoms with E-state index in [1.54, 1.807) is 6.92 Å². The zero-order valence-electron chi connectivity index (χ0n) is 7.12. The van der Waals surface area contributed by atoms with Crippen LogP contribution in [-0.2, 0) is 9.59 Å². The number of Topliss-reactive ketones (excluding diaryl/α,β-unsaturated/α-hetero) is 2. The molecule has 0 N–H and O–H groups in total. The van der Waals surface area contributed by atoms with Crippen molar-refractivity contribution >= 4 is 11.6 Å². The van der Waals surface area contributed by atoms with E-state index in [9.17, 15) is 9.59 Å². The number of allylic oxidation sites excluding steroid dienone is 2. The Hall–Kier alpha value is -0.920. The van der Waals surface area contributed by atoms with E-state index in [-0.39, 0.29) is 17.6 Å². The van der Waals surface area contributed by atoms with E-state index in [0.29, 0.717) is 18.1 Å². The Labute approximate surface area is 71.6 Å². The maximum Gasteiger partial charge on any atom is 0.140 e. The average Bonchev–Trinajstić information content (AvgIpc) is 2.53. The van der Waals surface area contributed by atoms with Gasteiger partial charge in [0.05, 0.1) is 0 Å². The molecule has 0 saturated heterocycles. The summed E-state index contributed by atoms with van der Waals surface area (Å²) in [6.45, 7) is 1.61. The summed E-state index contributed by atoms with van der Waals surface area (Å²) in [5.41, 5.74) is 0. The first-order chi connectivity index (χ1) is 5.70. The third-order valence-corrected chi connectivity index (χ3v) is 3.01. The molecular weight excluding hydrogens is 152 g/mol. The molecule has 0 aromatic carbocycles. The van der Waals surface area contributed by atoms with E-state index in [1.165, 1.54) is 0 Å². The molecule has 1 saturated carbocycles. The van der Waals surface area contributed by atoms with Crippen LogP contribution in [-0.4, -0.2) is 11.6 Å². The Morgan fingerprint density at radius 3 is 2.92 bits per heavy atom. The lowest BCUT2D eigenvalue weighted by Gasteiger charge is -2.13. The molecule has 12 heavy (non-hydrogen) atoms. The number of hydrogen-bond acceptors (Lipinski definition) is 2. The molecule has 0 spiro atoms. The van der Waals surface area contributed by atoms with Crippen LogP contribution < -0.4 is 0 Å². The summed E-state index contributed by atoms with van der Waals surface area (Å²) in [6.07, 6.45) is 5.41. The molecule has 2 rings (SSSR count). The molecule has 2 aliphatic carbocycles. The fourth-order valence-electron chi connectivity index (χ4n) is 2.37. The molecule has 2 aliphatic rings. The monoisotopic (exact) mass is 164 g/mol. The van der Waals surface area contributed by atoms with Gasteiger partial charge in [-0.25, -0.2) is 0 Å². The van der Waals surface area contributed by atoms with Crippen molar-refractivity contribution in [3.8, 4) is 0 Å². The fraction of sp³-hybridized carbons (Fsp3) is 0.600. The summed E-state index contributed by atoms with van der Waals surface area (Å²) in [5.74, 6) is 0.920. The molecule has 0 heterocycles. The van der Waals surface area contributed by atoms with E-state index in [1.807, 2.05) is 12.2 Å².